The minimum Gasteiger partial charge on any atom is -0.466 e. The minimum absolute atomic E-state index is 0.00837. The molecule has 0 aliphatic heterocycles. The summed E-state index contributed by atoms with van der Waals surface area (Å²) in [6.07, 6.45) is 89.9. The summed E-state index contributed by atoms with van der Waals surface area (Å²) < 4.78 is 5.48. The Hall–Kier alpha value is -1.66. The highest BCUT2D eigenvalue weighted by molar-refractivity contribution is 5.76. The number of amides is 1. The zero-order valence-electron chi connectivity index (χ0n) is 55.0. The molecular weight excluding hydrogens is 995 g/mol. The summed E-state index contributed by atoms with van der Waals surface area (Å²) in [5.74, 6) is -0.0519. The Kier molecular flexibility index (Phi) is 69.4. The van der Waals surface area contributed by atoms with E-state index in [1.807, 2.05) is 6.08 Å². The number of carbonyl (C=O) groups is 2. The van der Waals surface area contributed by atoms with Crippen LogP contribution in [0.3, 0.4) is 0 Å². The molecule has 0 rings (SSSR count). The fourth-order valence-corrected chi connectivity index (χ4v) is 11.8. The van der Waals surface area contributed by atoms with Gasteiger partial charge in [-0.3, -0.25) is 9.59 Å². The van der Waals surface area contributed by atoms with Crippen molar-refractivity contribution in [1.29, 1.82) is 0 Å². The van der Waals surface area contributed by atoms with Crippen molar-refractivity contribution in [2.45, 2.75) is 431 Å². The zero-order valence-corrected chi connectivity index (χ0v) is 55.0. The monoisotopic (exact) mass is 1140 g/mol. The molecule has 0 heterocycles. The molecule has 0 bridgehead atoms. The quantitative estimate of drug-likeness (QED) is 0.0320. The number of aliphatic hydroxyl groups is 2. The molecule has 0 aromatic heterocycles. The third kappa shape index (κ3) is 67.3. The fraction of sp³-hybridized carbons (Fsp3) is 0.920. The van der Waals surface area contributed by atoms with Crippen LogP contribution in [0.25, 0.3) is 0 Å². The normalized spacial score (nSPS) is 12.6. The van der Waals surface area contributed by atoms with Crippen LogP contribution in [0.2, 0.25) is 0 Å². The van der Waals surface area contributed by atoms with Crippen molar-refractivity contribution in [3.05, 3.63) is 24.3 Å². The summed E-state index contributed by atoms with van der Waals surface area (Å²) in [4.78, 5) is 24.6. The van der Waals surface area contributed by atoms with Crippen LogP contribution in [0.1, 0.15) is 418 Å². The van der Waals surface area contributed by atoms with Gasteiger partial charge in [-0.05, 0) is 57.8 Å². The number of unbranched alkanes of at least 4 members (excludes halogenated alkanes) is 57. The average molecular weight is 1140 g/mol. The van der Waals surface area contributed by atoms with Crippen molar-refractivity contribution in [3.8, 4) is 0 Å². The summed E-state index contributed by atoms with van der Waals surface area (Å²) in [7, 11) is 0. The van der Waals surface area contributed by atoms with Crippen LogP contribution in [0.5, 0.6) is 0 Å². The number of carbonyl (C=O) groups excluding carboxylic acids is 2. The number of hydrogen-bond donors (Lipinski definition) is 3. The first-order valence-electron chi connectivity index (χ1n) is 37.1. The number of aliphatic hydroxyl groups excluding tert-OH is 2. The van der Waals surface area contributed by atoms with E-state index in [2.05, 4.69) is 31.3 Å². The lowest BCUT2D eigenvalue weighted by Gasteiger charge is -2.20. The molecule has 0 saturated carbocycles. The van der Waals surface area contributed by atoms with E-state index in [0.29, 0.717) is 19.4 Å². The molecule has 2 unspecified atom stereocenters. The summed E-state index contributed by atoms with van der Waals surface area (Å²) >= 11 is 0. The molecule has 0 fully saturated rings. The third-order valence-corrected chi connectivity index (χ3v) is 17.5. The van der Waals surface area contributed by atoms with E-state index in [1.165, 1.54) is 347 Å². The first-order valence-corrected chi connectivity index (χ1v) is 37.1. The van der Waals surface area contributed by atoms with Gasteiger partial charge in [-0.15, -0.1) is 0 Å². The van der Waals surface area contributed by atoms with Crippen molar-refractivity contribution < 1.29 is 24.5 Å². The highest BCUT2D eigenvalue weighted by Gasteiger charge is 2.18. The number of hydrogen-bond acceptors (Lipinski definition) is 5. The van der Waals surface area contributed by atoms with Gasteiger partial charge < -0.3 is 20.3 Å². The lowest BCUT2D eigenvalue weighted by Crippen LogP contribution is -2.45. The smallest absolute Gasteiger partial charge is 0.305 e. The largest absolute Gasteiger partial charge is 0.466 e. The molecule has 0 aliphatic rings. The van der Waals surface area contributed by atoms with Gasteiger partial charge in [0.15, 0.2) is 0 Å². The molecule has 3 N–H and O–H groups in total. The molecule has 0 aromatic rings. The highest BCUT2D eigenvalue weighted by Crippen LogP contribution is 2.19. The van der Waals surface area contributed by atoms with E-state index in [0.717, 1.165) is 44.9 Å². The van der Waals surface area contributed by atoms with Gasteiger partial charge in [0.25, 0.3) is 0 Å². The molecule has 480 valence electrons. The second-order valence-electron chi connectivity index (χ2n) is 25.6. The van der Waals surface area contributed by atoms with Crippen LogP contribution in [-0.2, 0) is 14.3 Å². The second-order valence-corrected chi connectivity index (χ2v) is 25.6. The third-order valence-electron chi connectivity index (χ3n) is 17.5. The Bertz CT molecular complexity index is 1270. The van der Waals surface area contributed by atoms with Crippen LogP contribution in [0, 0.1) is 0 Å². The molecule has 6 heteroatoms. The first-order chi connectivity index (χ1) is 40.0. The van der Waals surface area contributed by atoms with Crippen LogP contribution in [0.4, 0.5) is 0 Å². The number of rotatable bonds is 70. The highest BCUT2D eigenvalue weighted by atomic mass is 16.5. The molecule has 0 aromatic carbocycles. The average Bonchev–Trinajstić information content (AvgIpc) is 3.47. The topological polar surface area (TPSA) is 95.9 Å². The number of ether oxygens (including phenoxy) is 1. The van der Waals surface area contributed by atoms with Crippen molar-refractivity contribution >= 4 is 11.9 Å². The molecule has 0 aliphatic carbocycles. The Morgan fingerprint density at radius 3 is 0.901 bits per heavy atom. The van der Waals surface area contributed by atoms with Crippen LogP contribution >= 0.6 is 0 Å². The van der Waals surface area contributed by atoms with Crippen LogP contribution < -0.4 is 5.32 Å². The van der Waals surface area contributed by atoms with Crippen molar-refractivity contribution in [3.63, 3.8) is 0 Å². The van der Waals surface area contributed by atoms with Crippen LogP contribution in [-0.4, -0.2) is 47.4 Å². The molecule has 0 radical (unpaired) electrons. The summed E-state index contributed by atoms with van der Waals surface area (Å²) in [6.45, 7) is 4.92. The standard InChI is InChI=1S/C75H145NO5/c1-3-5-7-9-11-13-15-17-18-19-20-21-22-26-29-32-35-38-41-44-47-51-55-59-63-67-73(78)72(71-77)76-74(79)68-64-60-56-52-48-45-42-39-36-33-30-27-24-23-25-28-31-34-37-40-43-46-50-54-58-62-66-70-81-75(80)69-65-61-57-53-49-16-14-12-10-8-6-4-2/h12,14,63,67,72-73,77-78H,3-11,13,15-62,64-66,68-71H2,1-2H3,(H,76,79)/b14-12-,67-63+. The van der Waals surface area contributed by atoms with Crippen molar-refractivity contribution in [2.24, 2.45) is 0 Å². The Morgan fingerprint density at radius 1 is 0.333 bits per heavy atom. The predicted octanol–water partition coefficient (Wildman–Crippen LogP) is 24.1. The van der Waals surface area contributed by atoms with E-state index >= 15 is 0 Å². The van der Waals surface area contributed by atoms with E-state index in [1.54, 1.807) is 6.08 Å². The van der Waals surface area contributed by atoms with Crippen molar-refractivity contribution in [2.75, 3.05) is 13.2 Å². The predicted molar refractivity (Wildman–Crippen MR) is 356 cm³/mol. The molecule has 2 atom stereocenters. The molecule has 81 heavy (non-hydrogen) atoms. The summed E-state index contributed by atoms with van der Waals surface area (Å²) in [6, 6.07) is -0.627. The molecular formula is C75H145NO5. The maximum atomic E-state index is 12.5. The van der Waals surface area contributed by atoms with Gasteiger partial charge in [-0.25, -0.2) is 0 Å². The van der Waals surface area contributed by atoms with E-state index in [-0.39, 0.29) is 18.5 Å². The first kappa shape index (κ1) is 79.3. The lowest BCUT2D eigenvalue weighted by atomic mass is 10.0. The zero-order chi connectivity index (χ0) is 58.5. The van der Waals surface area contributed by atoms with E-state index in [4.69, 9.17) is 4.74 Å². The maximum absolute atomic E-state index is 12.5. The molecule has 0 saturated heterocycles. The van der Waals surface area contributed by atoms with Gasteiger partial charge in [0.2, 0.25) is 5.91 Å². The minimum atomic E-state index is -0.844. The van der Waals surface area contributed by atoms with Gasteiger partial charge in [0, 0.05) is 12.8 Å². The second kappa shape index (κ2) is 70.8. The Morgan fingerprint density at radius 2 is 0.580 bits per heavy atom. The van der Waals surface area contributed by atoms with Gasteiger partial charge in [-0.2, -0.15) is 0 Å². The Balaban J connectivity index is 3.38. The SMILES string of the molecule is CCCCC/C=C\CCCCCCCC(=O)OCCCCCCCCCCCCCCCCCCCCCCCCCCCCCC(=O)NC(CO)C(O)/C=C/CCCCCCCCCCCCCCCCCCCCCCCCC. The summed E-state index contributed by atoms with van der Waals surface area (Å²) in [5, 5.41) is 23.3. The van der Waals surface area contributed by atoms with E-state index < -0.39 is 12.1 Å². The molecule has 0 spiro atoms. The molecule has 6 nitrogen and oxygen atoms in total. The lowest BCUT2D eigenvalue weighted by molar-refractivity contribution is -0.143. The number of nitrogens with one attached hydrogen (secondary N) is 1. The van der Waals surface area contributed by atoms with Gasteiger partial charge in [0.1, 0.15) is 0 Å². The maximum Gasteiger partial charge on any atom is 0.305 e. The molecule has 1 amide bonds. The number of allylic oxidation sites excluding steroid dienone is 3. The van der Waals surface area contributed by atoms with Gasteiger partial charge in [0.05, 0.1) is 25.4 Å². The van der Waals surface area contributed by atoms with Gasteiger partial charge in [-0.1, -0.05) is 372 Å². The number of esters is 1. The van der Waals surface area contributed by atoms with Crippen molar-refractivity contribution in [1.82, 2.24) is 5.32 Å². The summed E-state index contributed by atoms with van der Waals surface area (Å²) in [5.41, 5.74) is 0. The van der Waals surface area contributed by atoms with Gasteiger partial charge >= 0.3 is 5.97 Å². The fourth-order valence-electron chi connectivity index (χ4n) is 11.8. The van der Waals surface area contributed by atoms with Crippen LogP contribution in [0.15, 0.2) is 24.3 Å². The van der Waals surface area contributed by atoms with E-state index in [9.17, 15) is 19.8 Å². The Labute approximate surface area is 507 Å².